The van der Waals surface area contributed by atoms with Crippen molar-refractivity contribution in [3.63, 3.8) is 0 Å². The Morgan fingerprint density at radius 3 is 2.73 bits per heavy atom. The number of anilines is 1. The molecule has 4 aromatic rings. The number of rotatable bonds is 5. The van der Waals surface area contributed by atoms with E-state index in [9.17, 15) is 9.18 Å². The summed E-state index contributed by atoms with van der Waals surface area (Å²) in [6, 6.07) is 9.19. The third-order valence-electron chi connectivity index (χ3n) is 6.15. The van der Waals surface area contributed by atoms with Crippen LogP contribution in [-0.2, 0) is 6.54 Å². The summed E-state index contributed by atoms with van der Waals surface area (Å²) in [4.78, 5) is 23.5. The summed E-state index contributed by atoms with van der Waals surface area (Å²) >= 11 is 0. The van der Waals surface area contributed by atoms with Crippen LogP contribution in [0, 0.1) is 11.7 Å². The number of benzene rings is 1. The molecule has 0 radical (unpaired) electrons. The summed E-state index contributed by atoms with van der Waals surface area (Å²) < 4.78 is 13.4. The molecule has 0 saturated carbocycles. The van der Waals surface area contributed by atoms with Gasteiger partial charge in [-0.15, -0.1) is 0 Å². The van der Waals surface area contributed by atoms with Gasteiger partial charge in [0.15, 0.2) is 5.69 Å². The minimum atomic E-state index is -0.520. The maximum atomic E-state index is 13.4. The molecule has 2 N–H and O–H groups in total. The van der Waals surface area contributed by atoms with Crippen LogP contribution in [0.5, 0.6) is 0 Å². The second-order valence-corrected chi connectivity index (χ2v) is 8.72. The number of piperidine rings is 1. The first-order chi connectivity index (χ1) is 16.0. The average molecular weight is 445 g/mol. The molecule has 1 aliphatic heterocycles. The number of aromatic amines is 1. The van der Waals surface area contributed by atoms with Gasteiger partial charge in [-0.25, -0.2) is 4.39 Å². The number of hydrogen-bond donors (Lipinski definition) is 2. The molecule has 0 atom stereocenters. The molecule has 7 nitrogen and oxygen atoms in total. The lowest BCUT2D eigenvalue weighted by Crippen LogP contribution is -2.32. The third kappa shape index (κ3) is 4.75. The van der Waals surface area contributed by atoms with E-state index in [-0.39, 0.29) is 11.4 Å². The lowest BCUT2D eigenvalue weighted by atomic mass is 9.98. The quantitative estimate of drug-likeness (QED) is 0.468. The zero-order chi connectivity index (χ0) is 22.8. The van der Waals surface area contributed by atoms with Gasteiger partial charge in [0.1, 0.15) is 5.82 Å². The van der Waals surface area contributed by atoms with Crippen molar-refractivity contribution in [1.29, 1.82) is 0 Å². The van der Waals surface area contributed by atoms with Crippen molar-refractivity contribution in [3.05, 3.63) is 72.2 Å². The first kappa shape index (κ1) is 21.2. The normalized spacial score (nSPS) is 15.1. The van der Waals surface area contributed by atoms with Crippen molar-refractivity contribution < 1.29 is 9.18 Å². The number of nitrogens with one attached hydrogen (secondary N) is 2. The number of amides is 1. The van der Waals surface area contributed by atoms with Crippen molar-refractivity contribution in [3.8, 4) is 11.1 Å². The first-order valence-corrected chi connectivity index (χ1v) is 11.1. The Kier molecular flexibility index (Phi) is 5.83. The van der Waals surface area contributed by atoms with Crippen LogP contribution >= 0.6 is 0 Å². The van der Waals surface area contributed by atoms with E-state index in [1.165, 1.54) is 30.7 Å². The second kappa shape index (κ2) is 9.07. The van der Waals surface area contributed by atoms with Gasteiger partial charge < -0.3 is 5.32 Å². The summed E-state index contributed by atoms with van der Waals surface area (Å²) in [7, 11) is 0. The molecule has 0 unspecified atom stereocenters. The highest BCUT2D eigenvalue weighted by Gasteiger charge is 2.17. The Bertz CT molecular complexity index is 1300. The molecule has 1 aliphatic rings. The Morgan fingerprint density at radius 2 is 1.91 bits per heavy atom. The summed E-state index contributed by atoms with van der Waals surface area (Å²) in [6.07, 6.45) is 8.70. The Labute approximate surface area is 191 Å². The van der Waals surface area contributed by atoms with Crippen LogP contribution in [0.15, 0.2) is 55.1 Å². The van der Waals surface area contributed by atoms with Gasteiger partial charge in [-0.3, -0.25) is 24.8 Å². The number of nitrogens with zero attached hydrogens (tertiary/aromatic N) is 4. The molecule has 0 aliphatic carbocycles. The van der Waals surface area contributed by atoms with E-state index < -0.39 is 11.7 Å². The van der Waals surface area contributed by atoms with Crippen LogP contribution in [-0.4, -0.2) is 44.1 Å². The number of carbonyl (C=O) groups excluding carboxylic acids is 1. The van der Waals surface area contributed by atoms with Gasteiger partial charge in [0, 0.05) is 36.0 Å². The smallest absolute Gasteiger partial charge is 0.276 e. The maximum absolute atomic E-state index is 13.4. The third-order valence-corrected chi connectivity index (χ3v) is 6.15. The molecular formula is C25H25FN6O. The monoisotopic (exact) mass is 444 g/mol. The van der Waals surface area contributed by atoms with Gasteiger partial charge in [-0.05, 0) is 61.2 Å². The molecule has 1 amide bonds. The highest BCUT2D eigenvalue weighted by Crippen LogP contribution is 2.27. The molecule has 8 heteroatoms. The largest absolute Gasteiger partial charge is 0.319 e. The standard InChI is InChI=1S/C25H25FN6O/c1-16-4-6-32(7-5-16)15-17-8-19(12-27-11-17)18-2-3-23-22(9-18)24(31-30-23)25(33)29-21-10-20(26)13-28-14-21/h2-3,8-14,16H,4-7,15H2,1H3,(H,29,33)(H,30,31). The van der Waals surface area contributed by atoms with Crippen LogP contribution in [0.2, 0.25) is 0 Å². The fraction of sp³-hybridized carbons (Fsp3) is 0.280. The molecule has 1 aromatic carbocycles. The minimum Gasteiger partial charge on any atom is -0.319 e. The van der Waals surface area contributed by atoms with Gasteiger partial charge in [0.25, 0.3) is 5.91 Å². The van der Waals surface area contributed by atoms with E-state index in [1.807, 2.05) is 30.6 Å². The predicted molar refractivity (Wildman–Crippen MR) is 125 cm³/mol. The summed E-state index contributed by atoms with van der Waals surface area (Å²) in [6.45, 7) is 5.43. The Balaban J connectivity index is 1.39. The van der Waals surface area contributed by atoms with E-state index in [0.29, 0.717) is 5.39 Å². The van der Waals surface area contributed by atoms with Gasteiger partial charge in [-0.1, -0.05) is 13.0 Å². The highest BCUT2D eigenvalue weighted by molar-refractivity contribution is 6.11. The van der Waals surface area contributed by atoms with E-state index in [2.05, 4.69) is 43.4 Å². The summed E-state index contributed by atoms with van der Waals surface area (Å²) in [5, 5.41) is 10.4. The van der Waals surface area contributed by atoms with E-state index in [1.54, 1.807) is 0 Å². The van der Waals surface area contributed by atoms with Crippen LogP contribution in [0.1, 0.15) is 35.8 Å². The van der Waals surface area contributed by atoms with Crippen LogP contribution in [0.3, 0.4) is 0 Å². The van der Waals surface area contributed by atoms with Crippen molar-refractivity contribution >= 4 is 22.5 Å². The Morgan fingerprint density at radius 1 is 1.09 bits per heavy atom. The van der Waals surface area contributed by atoms with Crippen molar-refractivity contribution in [2.24, 2.45) is 5.92 Å². The van der Waals surface area contributed by atoms with Gasteiger partial charge >= 0.3 is 0 Å². The number of aromatic nitrogens is 4. The number of pyridine rings is 2. The lowest BCUT2D eigenvalue weighted by Gasteiger charge is -2.30. The number of likely N-dealkylation sites (tertiary alicyclic amines) is 1. The molecule has 1 fully saturated rings. The van der Waals surface area contributed by atoms with Gasteiger partial charge in [-0.2, -0.15) is 5.10 Å². The van der Waals surface area contributed by atoms with Crippen LogP contribution < -0.4 is 5.32 Å². The molecule has 3 aromatic heterocycles. The molecule has 168 valence electrons. The maximum Gasteiger partial charge on any atom is 0.276 e. The fourth-order valence-electron chi connectivity index (χ4n) is 4.25. The molecule has 5 rings (SSSR count). The van der Waals surface area contributed by atoms with Crippen molar-refractivity contribution in [2.45, 2.75) is 26.3 Å². The number of H-pyrrole nitrogens is 1. The zero-order valence-corrected chi connectivity index (χ0v) is 18.4. The number of halogens is 1. The molecule has 0 bridgehead atoms. The SMILES string of the molecule is CC1CCN(Cc2cncc(-c3ccc4[nH]nc(C(=O)Nc5cncc(F)c5)c4c3)c2)CC1. The van der Waals surface area contributed by atoms with E-state index in [0.717, 1.165) is 48.4 Å². The van der Waals surface area contributed by atoms with E-state index in [4.69, 9.17) is 0 Å². The fourth-order valence-corrected chi connectivity index (χ4v) is 4.25. The zero-order valence-electron chi connectivity index (χ0n) is 18.4. The van der Waals surface area contributed by atoms with Gasteiger partial charge in [0.05, 0.1) is 23.6 Å². The number of fused-ring (bicyclic) bond motifs is 1. The van der Waals surface area contributed by atoms with Crippen LogP contribution in [0.25, 0.3) is 22.0 Å². The minimum absolute atomic E-state index is 0.239. The number of hydrogen-bond acceptors (Lipinski definition) is 5. The first-order valence-electron chi connectivity index (χ1n) is 11.1. The van der Waals surface area contributed by atoms with Gasteiger partial charge in [0.2, 0.25) is 0 Å². The predicted octanol–water partition coefficient (Wildman–Crippen LogP) is 4.64. The van der Waals surface area contributed by atoms with Crippen molar-refractivity contribution in [1.82, 2.24) is 25.1 Å². The molecule has 0 spiro atoms. The Hall–Kier alpha value is -3.65. The molecular weight excluding hydrogens is 419 g/mol. The summed E-state index contributed by atoms with van der Waals surface area (Å²) in [5.74, 6) is -0.151. The average Bonchev–Trinajstić information content (AvgIpc) is 3.24. The molecule has 33 heavy (non-hydrogen) atoms. The highest BCUT2D eigenvalue weighted by atomic mass is 19.1. The molecule has 1 saturated heterocycles. The van der Waals surface area contributed by atoms with E-state index >= 15 is 0 Å². The second-order valence-electron chi connectivity index (χ2n) is 8.72. The summed E-state index contributed by atoms with van der Waals surface area (Å²) in [5.41, 5.74) is 4.37. The topological polar surface area (TPSA) is 86.8 Å². The lowest BCUT2D eigenvalue weighted by molar-refractivity contribution is 0.102. The van der Waals surface area contributed by atoms with Crippen LogP contribution in [0.4, 0.5) is 10.1 Å². The van der Waals surface area contributed by atoms with Crippen molar-refractivity contribution in [2.75, 3.05) is 18.4 Å². The molecule has 4 heterocycles. The number of carbonyl (C=O) groups is 1.